The van der Waals surface area contributed by atoms with Crippen molar-refractivity contribution in [2.75, 3.05) is 7.11 Å². The Bertz CT molecular complexity index is 452. The molecular formula is C9H6FIOS. The Morgan fingerprint density at radius 1 is 1.54 bits per heavy atom. The average Bonchev–Trinajstić information content (AvgIpc) is 2.59. The lowest BCUT2D eigenvalue weighted by atomic mass is 10.2. The van der Waals surface area contributed by atoms with E-state index < -0.39 is 0 Å². The van der Waals surface area contributed by atoms with Crippen molar-refractivity contribution >= 4 is 44.0 Å². The molecule has 0 saturated heterocycles. The minimum absolute atomic E-state index is 0.266. The molecule has 1 heterocycles. The third-order valence-electron chi connectivity index (χ3n) is 1.81. The first-order chi connectivity index (χ1) is 6.24. The second kappa shape index (κ2) is 3.42. The van der Waals surface area contributed by atoms with Gasteiger partial charge < -0.3 is 4.74 Å². The number of benzene rings is 1. The Labute approximate surface area is 92.7 Å². The molecule has 0 atom stereocenters. The normalized spacial score (nSPS) is 10.7. The monoisotopic (exact) mass is 308 g/mol. The highest BCUT2D eigenvalue weighted by Crippen LogP contribution is 2.33. The molecule has 0 bridgehead atoms. The first-order valence-electron chi connectivity index (χ1n) is 3.63. The summed E-state index contributed by atoms with van der Waals surface area (Å²) in [5.41, 5.74) is 0. The van der Waals surface area contributed by atoms with Gasteiger partial charge >= 0.3 is 0 Å². The Morgan fingerprint density at radius 3 is 3.00 bits per heavy atom. The fourth-order valence-electron chi connectivity index (χ4n) is 1.17. The molecule has 0 fully saturated rings. The van der Waals surface area contributed by atoms with Gasteiger partial charge in [0.15, 0.2) is 11.6 Å². The minimum Gasteiger partial charge on any atom is -0.494 e. The van der Waals surface area contributed by atoms with Crippen LogP contribution in [0, 0.1) is 9.39 Å². The zero-order valence-electron chi connectivity index (χ0n) is 6.80. The molecule has 1 aromatic carbocycles. The summed E-state index contributed by atoms with van der Waals surface area (Å²) in [6.45, 7) is 0. The van der Waals surface area contributed by atoms with Gasteiger partial charge in [-0.15, -0.1) is 11.3 Å². The molecule has 2 aromatic rings. The minimum atomic E-state index is -0.266. The number of rotatable bonds is 1. The molecule has 0 N–H and O–H groups in total. The summed E-state index contributed by atoms with van der Waals surface area (Å²) in [6, 6.07) is 3.69. The third kappa shape index (κ3) is 1.42. The highest BCUT2D eigenvalue weighted by Gasteiger charge is 2.12. The van der Waals surface area contributed by atoms with Crippen molar-refractivity contribution in [3.63, 3.8) is 0 Å². The van der Waals surface area contributed by atoms with Gasteiger partial charge in [-0.25, -0.2) is 4.39 Å². The Kier molecular flexibility index (Phi) is 2.42. The maximum Gasteiger partial charge on any atom is 0.179 e. The van der Waals surface area contributed by atoms with Crippen molar-refractivity contribution in [3.05, 3.63) is 26.9 Å². The number of hydrogen-bond donors (Lipinski definition) is 0. The SMILES string of the molecule is COc1cc2ccsc2c(I)c1F. The summed E-state index contributed by atoms with van der Waals surface area (Å²) in [4.78, 5) is 0. The first-order valence-corrected chi connectivity index (χ1v) is 5.59. The maximum atomic E-state index is 13.5. The van der Waals surface area contributed by atoms with Crippen LogP contribution in [0.4, 0.5) is 4.39 Å². The standard InChI is InChI=1S/C9H6FIOS/c1-12-6-4-5-2-3-13-9(5)8(11)7(6)10/h2-4H,1H3. The van der Waals surface area contributed by atoms with Crippen LogP contribution in [0.5, 0.6) is 5.75 Å². The molecular weight excluding hydrogens is 302 g/mol. The van der Waals surface area contributed by atoms with E-state index in [-0.39, 0.29) is 5.82 Å². The van der Waals surface area contributed by atoms with Crippen molar-refractivity contribution in [2.24, 2.45) is 0 Å². The highest BCUT2D eigenvalue weighted by atomic mass is 127. The van der Waals surface area contributed by atoms with Crippen LogP contribution < -0.4 is 4.74 Å². The smallest absolute Gasteiger partial charge is 0.179 e. The van der Waals surface area contributed by atoms with E-state index in [0.29, 0.717) is 9.32 Å². The van der Waals surface area contributed by atoms with Crippen LogP contribution in [0.25, 0.3) is 10.1 Å². The van der Waals surface area contributed by atoms with Crippen molar-refractivity contribution in [1.29, 1.82) is 0 Å². The first kappa shape index (κ1) is 9.21. The predicted octanol–water partition coefficient (Wildman–Crippen LogP) is 3.65. The van der Waals surface area contributed by atoms with Crippen molar-refractivity contribution in [1.82, 2.24) is 0 Å². The van der Waals surface area contributed by atoms with Gasteiger partial charge in [-0.3, -0.25) is 0 Å². The Hall–Kier alpha value is -0.360. The number of hydrogen-bond acceptors (Lipinski definition) is 2. The van der Waals surface area contributed by atoms with Gasteiger partial charge in [0.1, 0.15) is 0 Å². The van der Waals surface area contributed by atoms with E-state index in [1.54, 1.807) is 17.4 Å². The summed E-state index contributed by atoms with van der Waals surface area (Å²) in [6.07, 6.45) is 0. The summed E-state index contributed by atoms with van der Waals surface area (Å²) in [5.74, 6) is 0.0494. The van der Waals surface area contributed by atoms with Gasteiger partial charge in [-0.2, -0.15) is 0 Å². The lowest BCUT2D eigenvalue weighted by molar-refractivity contribution is 0.386. The molecule has 1 nitrogen and oxygen atoms in total. The molecule has 0 spiro atoms. The summed E-state index contributed by atoms with van der Waals surface area (Å²) >= 11 is 3.55. The lowest BCUT2D eigenvalue weighted by Crippen LogP contribution is -1.90. The largest absolute Gasteiger partial charge is 0.494 e. The predicted molar refractivity (Wildman–Crippen MR) is 61.1 cm³/mol. The lowest BCUT2D eigenvalue weighted by Gasteiger charge is -2.03. The fourth-order valence-corrected chi connectivity index (χ4v) is 2.94. The molecule has 0 aliphatic rings. The van der Waals surface area contributed by atoms with Gasteiger partial charge in [0.2, 0.25) is 0 Å². The van der Waals surface area contributed by atoms with Crippen LogP contribution >= 0.6 is 33.9 Å². The number of ether oxygens (including phenoxy) is 1. The molecule has 0 aliphatic carbocycles. The van der Waals surface area contributed by atoms with Gasteiger partial charge in [0, 0.05) is 0 Å². The van der Waals surface area contributed by atoms with Gasteiger partial charge in [-0.05, 0) is 45.5 Å². The van der Waals surface area contributed by atoms with Crippen LogP contribution in [0.3, 0.4) is 0 Å². The van der Waals surface area contributed by atoms with E-state index in [1.807, 2.05) is 34.0 Å². The van der Waals surface area contributed by atoms with E-state index in [4.69, 9.17) is 4.74 Å². The van der Waals surface area contributed by atoms with E-state index in [1.165, 1.54) is 7.11 Å². The fraction of sp³-hybridized carbons (Fsp3) is 0.111. The number of thiophene rings is 1. The topological polar surface area (TPSA) is 9.23 Å². The van der Waals surface area contributed by atoms with Crippen LogP contribution in [-0.4, -0.2) is 7.11 Å². The highest BCUT2D eigenvalue weighted by molar-refractivity contribution is 14.1. The van der Waals surface area contributed by atoms with Crippen LogP contribution in [-0.2, 0) is 0 Å². The molecule has 4 heteroatoms. The van der Waals surface area contributed by atoms with Crippen molar-refractivity contribution in [2.45, 2.75) is 0 Å². The van der Waals surface area contributed by atoms with Gasteiger partial charge in [0.25, 0.3) is 0 Å². The molecule has 0 unspecified atom stereocenters. The van der Waals surface area contributed by atoms with E-state index in [9.17, 15) is 4.39 Å². The van der Waals surface area contributed by atoms with E-state index in [0.717, 1.165) is 10.1 Å². The second-order valence-electron chi connectivity index (χ2n) is 2.55. The molecule has 0 aliphatic heterocycles. The second-order valence-corrected chi connectivity index (χ2v) is 4.54. The van der Waals surface area contributed by atoms with E-state index in [2.05, 4.69) is 0 Å². The third-order valence-corrected chi connectivity index (χ3v) is 4.14. The Morgan fingerprint density at radius 2 is 2.31 bits per heavy atom. The summed E-state index contributed by atoms with van der Waals surface area (Å²) < 4.78 is 20.0. The quantitative estimate of drug-likeness (QED) is 0.731. The number of methoxy groups -OCH3 is 1. The Balaban J connectivity index is 2.83. The molecule has 0 radical (unpaired) electrons. The maximum absolute atomic E-state index is 13.5. The molecule has 13 heavy (non-hydrogen) atoms. The van der Waals surface area contributed by atoms with Crippen LogP contribution in [0.2, 0.25) is 0 Å². The molecule has 68 valence electrons. The van der Waals surface area contributed by atoms with Crippen LogP contribution in [0.15, 0.2) is 17.5 Å². The molecule has 0 saturated carbocycles. The van der Waals surface area contributed by atoms with Crippen LogP contribution in [0.1, 0.15) is 0 Å². The number of halogens is 2. The molecule has 2 rings (SSSR count). The van der Waals surface area contributed by atoms with Crippen molar-refractivity contribution < 1.29 is 9.13 Å². The van der Waals surface area contributed by atoms with Crippen molar-refractivity contribution in [3.8, 4) is 5.75 Å². The number of fused-ring (bicyclic) bond motifs is 1. The van der Waals surface area contributed by atoms with Gasteiger partial charge in [0.05, 0.1) is 15.4 Å². The van der Waals surface area contributed by atoms with E-state index >= 15 is 0 Å². The summed E-state index contributed by atoms with van der Waals surface area (Å²) in [7, 11) is 1.48. The molecule has 1 aromatic heterocycles. The average molecular weight is 308 g/mol. The zero-order chi connectivity index (χ0) is 9.42. The zero-order valence-corrected chi connectivity index (χ0v) is 9.78. The van der Waals surface area contributed by atoms with Gasteiger partial charge in [-0.1, -0.05) is 0 Å². The summed E-state index contributed by atoms with van der Waals surface area (Å²) in [5, 5.41) is 2.98. The molecule has 0 amide bonds.